The molecule has 0 bridgehead atoms. The third-order valence-corrected chi connectivity index (χ3v) is 20.6. The van der Waals surface area contributed by atoms with Crippen molar-refractivity contribution in [3.05, 3.63) is 223 Å². The second-order valence-corrected chi connectivity index (χ2v) is 28.1. The Morgan fingerprint density at radius 2 is 0.796 bits per heavy atom. The number of nitrogens with zero attached hydrogens (tertiary/aromatic N) is 4. The van der Waals surface area contributed by atoms with E-state index in [9.17, 15) is 54.3 Å². The van der Waals surface area contributed by atoms with Gasteiger partial charge in [-0.2, -0.15) is 0 Å². The zero-order chi connectivity index (χ0) is 73.6. The Morgan fingerprint density at radius 1 is 0.463 bits per heavy atom. The molecular weight excluding hydrogens is 1360 g/mol. The molecule has 568 valence electrons. The molecule has 4 aliphatic rings. The van der Waals surface area contributed by atoms with E-state index in [1.807, 2.05) is 137 Å². The zero-order valence-electron chi connectivity index (χ0n) is 62.1. The van der Waals surface area contributed by atoms with Crippen LogP contribution < -0.4 is 40.1 Å². The van der Waals surface area contributed by atoms with Gasteiger partial charge < -0.3 is 51.9 Å². The molecule has 0 radical (unpaired) electrons. The van der Waals surface area contributed by atoms with Gasteiger partial charge in [0.2, 0.25) is 0 Å². The molecule has 0 saturated heterocycles. The van der Waals surface area contributed by atoms with E-state index in [2.05, 4.69) is 41.2 Å². The van der Waals surface area contributed by atoms with Crippen molar-refractivity contribution in [3.63, 3.8) is 0 Å². The number of nitrogens with one attached hydrogen (secondary N) is 4. The van der Waals surface area contributed by atoms with Crippen LogP contribution in [0.15, 0.2) is 122 Å². The van der Waals surface area contributed by atoms with Crippen LogP contribution in [0.5, 0.6) is 0 Å². The van der Waals surface area contributed by atoms with Crippen LogP contribution in [-0.2, 0) is 53.1 Å². The normalized spacial score (nSPS) is 14.0. The van der Waals surface area contributed by atoms with E-state index in [-0.39, 0.29) is 106 Å². The van der Waals surface area contributed by atoms with Gasteiger partial charge in [-0.25, -0.2) is 0 Å². The maximum atomic E-state index is 13.7. The Kier molecular flexibility index (Phi) is 32.3. The number of anilines is 2. The summed E-state index contributed by atoms with van der Waals surface area (Å²) in [5.41, 5.74) is 20.9. The minimum absolute atomic E-state index is 0. The van der Waals surface area contributed by atoms with E-state index in [1.54, 1.807) is 19.3 Å². The molecule has 2 amide bonds. The largest absolute Gasteiger partial charge is 1.00 e. The molecule has 0 spiro atoms. The van der Waals surface area contributed by atoms with Gasteiger partial charge in [0, 0.05) is 75.3 Å². The zero-order valence-corrected chi connectivity index (χ0v) is 62.1. The van der Waals surface area contributed by atoms with Crippen LogP contribution in [0.3, 0.4) is 0 Å². The van der Waals surface area contributed by atoms with Crippen molar-refractivity contribution in [1.82, 2.24) is 30.6 Å². The van der Waals surface area contributed by atoms with Gasteiger partial charge in [-0.15, -0.1) is 0 Å². The number of aromatic nitrogens is 4. The maximum absolute atomic E-state index is 13.7. The molecule has 108 heavy (non-hydrogen) atoms. The summed E-state index contributed by atoms with van der Waals surface area (Å²) in [6.45, 7) is 9.98. The molecule has 0 unspecified atom stereocenters. The Morgan fingerprint density at radius 3 is 1.15 bits per heavy atom. The van der Waals surface area contributed by atoms with E-state index in [4.69, 9.17) is 4.74 Å². The molecule has 4 heterocycles. The summed E-state index contributed by atoms with van der Waals surface area (Å²) in [6.07, 6.45) is 20.9. The molecule has 4 fully saturated rings. The summed E-state index contributed by atoms with van der Waals surface area (Å²) in [6, 6.07) is 29.3. The molecule has 4 aliphatic carbocycles. The number of amides is 2. The second-order valence-electron chi connectivity index (χ2n) is 28.1. The molecule has 8 aromatic rings. The number of aliphatic hydroxyl groups is 4. The number of carbonyl (C=O) groups excluding carboxylic acids is 5. The molecule has 4 aromatic heterocycles. The number of rotatable bonds is 35. The van der Waals surface area contributed by atoms with Gasteiger partial charge in [0.25, 0.3) is 11.8 Å². The molecule has 23 heteroatoms. The number of carboxylic acid groups (broad SMARTS) is 1. The maximum Gasteiger partial charge on any atom is 1.00 e. The number of carboxylic acids is 1. The van der Waals surface area contributed by atoms with E-state index in [1.165, 1.54) is 11.1 Å². The van der Waals surface area contributed by atoms with Crippen molar-refractivity contribution in [2.24, 2.45) is 0 Å². The third-order valence-electron chi connectivity index (χ3n) is 20.6. The number of esters is 1. The summed E-state index contributed by atoms with van der Waals surface area (Å²) in [7, 11) is 0. The van der Waals surface area contributed by atoms with E-state index < -0.39 is 30.6 Å². The minimum Gasteiger partial charge on any atom is -0.870 e. The van der Waals surface area contributed by atoms with Crippen molar-refractivity contribution in [1.29, 1.82) is 0 Å². The van der Waals surface area contributed by atoms with E-state index in [0.29, 0.717) is 64.4 Å². The quantitative estimate of drug-likeness (QED) is 0.00773. The predicted molar refractivity (Wildman–Crippen MR) is 412 cm³/mol. The van der Waals surface area contributed by atoms with Gasteiger partial charge >= 0.3 is 30.8 Å². The fourth-order valence-corrected chi connectivity index (χ4v) is 13.7. The first-order valence-electron chi connectivity index (χ1n) is 36.7. The van der Waals surface area contributed by atoms with Crippen LogP contribution in [0.1, 0.15) is 235 Å². The Balaban J connectivity index is 0.000000290. The van der Waals surface area contributed by atoms with E-state index in [0.717, 1.165) is 179 Å². The average molecular weight is 1470 g/mol. The number of ketones is 2. The number of ether oxygens (including phenoxy) is 1. The van der Waals surface area contributed by atoms with Gasteiger partial charge in [0.1, 0.15) is 34.9 Å². The van der Waals surface area contributed by atoms with Gasteiger partial charge in [0.15, 0.2) is 11.6 Å². The summed E-state index contributed by atoms with van der Waals surface area (Å²) in [4.78, 5) is 95.8. The first-order valence-corrected chi connectivity index (χ1v) is 36.7. The van der Waals surface area contributed by atoms with Crippen LogP contribution in [-0.4, -0.2) is 137 Å². The van der Waals surface area contributed by atoms with Crippen molar-refractivity contribution in [2.75, 3.05) is 43.7 Å². The number of pyridine rings is 4. The number of aliphatic hydroxyl groups excluding tert-OH is 4. The third kappa shape index (κ3) is 21.9. The topological polar surface area (TPSA) is 374 Å². The molecule has 22 nitrogen and oxygen atoms in total. The number of carbonyl (C=O) groups is 6. The van der Waals surface area contributed by atoms with Crippen molar-refractivity contribution in [3.8, 4) is 22.3 Å². The fourth-order valence-electron chi connectivity index (χ4n) is 13.7. The smallest absolute Gasteiger partial charge is 0.870 e. The molecule has 12 N–H and O–H groups in total. The van der Waals surface area contributed by atoms with Gasteiger partial charge in [-0.05, 0) is 285 Å². The summed E-state index contributed by atoms with van der Waals surface area (Å²) < 4.78 is 5.05. The number of benzene rings is 4. The SMILES string of the molecule is C.CCOC(=O)[C@@H](CO)NCc1cnc(C(=O)Cc2cccc(-c3cccc(NC(=O)c4cc(C5CC5)c(CCCCO)cn4)c3C)c2C)cc1C1CC1.Cc1c(CC(=O)c2cc(C3CC3)c(CN[C@H](CO)C(=O)O)cn2)cccc1-c1cccc(NC(=O)c2cc(C3CC3)c(CCCCO)cn2)c1C.O.[Li+].[OH-]. The van der Waals surface area contributed by atoms with Gasteiger partial charge in [-0.1, -0.05) is 68.1 Å². The molecule has 12 rings (SSSR count). The van der Waals surface area contributed by atoms with Crippen molar-refractivity contribution >= 4 is 46.7 Å². The first kappa shape index (κ1) is 86.2. The fraction of sp³-hybridized carbons (Fsp3) is 0.412. The first-order chi connectivity index (χ1) is 50.4. The number of unbranched alkanes of at least 4 members (excludes halogenated alkanes) is 2. The molecular formula is C85H103LiN8O14. The molecule has 4 saturated carbocycles. The number of aliphatic carboxylic acids is 1. The number of hydrogen-bond acceptors (Lipinski definition) is 18. The standard InChI is InChI=1S/C43H50N4O6.C41H46N4O6.CH4.Li.2H2O/c1-4-53-43(52)40(25-49)46-24-32-23-44-38(20-36(32)29-16-17-29)41(50)19-30-10-7-11-33(26(30)2)34-12-8-13-37(27(34)3)47-42(51)39-21-35(28-14-15-28)31(22-45-39)9-5-6-18-48;1-24-28(17-39(48)36-18-34(27-14-15-27)30(21-42-36)22-44-38(23-47)41(50)51)8-5-9-31(24)32-10-6-11-35(25(32)2)45-40(49)37-19-33(26-12-13-26)29(20-43-37)7-3-4-16-46;;;;/h7-8,10-13,20-23,28-29,40,46,48-49H,4-6,9,14-19,24-25H2,1-3H3,(H,47,51);5-6,8-11,18-21,26-27,38,44,46-47H,3-4,7,12-17,22-23H2,1-2H3,(H,45,49)(H,50,51);1H4;;2*1H2/q;;;+1;;/p-1/t40-;38-;;;;/m11..../s1. The van der Waals surface area contributed by atoms with Crippen LogP contribution >= 0.6 is 0 Å². The second kappa shape index (κ2) is 40.4. The summed E-state index contributed by atoms with van der Waals surface area (Å²) >= 11 is 0. The Labute approximate surface area is 644 Å². The van der Waals surface area contributed by atoms with Gasteiger partial charge in [-0.3, -0.25) is 59.3 Å². The molecule has 0 aliphatic heterocycles. The number of aryl methyl sites for hydroxylation is 2. The summed E-state index contributed by atoms with van der Waals surface area (Å²) in [5.74, 6) is -0.722. The average Bonchev–Trinajstić information content (AvgIpc) is 1.18. The summed E-state index contributed by atoms with van der Waals surface area (Å²) in [5, 5.41) is 58.8. The van der Waals surface area contributed by atoms with E-state index >= 15 is 0 Å². The monoisotopic (exact) mass is 1470 g/mol. The number of hydrogen-bond donors (Lipinski definition) is 9. The molecule has 4 aromatic carbocycles. The van der Waals surface area contributed by atoms with Gasteiger partial charge in [0.05, 0.1) is 19.8 Å². The Bertz CT molecular complexity index is 4480. The van der Waals surface area contributed by atoms with Crippen LogP contribution in [0, 0.1) is 27.7 Å². The Hall–Kier alpha value is -9.02. The molecule has 2 atom stereocenters. The van der Waals surface area contributed by atoms with Crippen LogP contribution in [0.2, 0.25) is 0 Å². The van der Waals surface area contributed by atoms with Crippen molar-refractivity contribution in [2.45, 2.75) is 194 Å². The predicted octanol–water partition coefficient (Wildman–Crippen LogP) is 9.20. The number of Topliss-reactive ketones (excluding diaryl/α,β-unsaturated/α-hetero) is 2. The van der Waals surface area contributed by atoms with Crippen molar-refractivity contribution < 1.29 is 88.8 Å². The minimum atomic E-state index is -1.12. The van der Waals surface area contributed by atoms with Crippen LogP contribution in [0.25, 0.3) is 22.3 Å². The van der Waals surface area contributed by atoms with Crippen LogP contribution in [0.4, 0.5) is 11.4 Å².